The zero-order valence-corrected chi connectivity index (χ0v) is 12.1. The summed E-state index contributed by atoms with van der Waals surface area (Å²) in [6.45, 7) is 2.26. The summed E-state index contributed by atoms with van der Waals surface area (Å²) in [6, 6.07) is 0. The Hall–Kier alpha value is 1.31. The second-order valence-corrected chi connectivity index (χ2v) is 7.38. The van der Waals surface area contributed by atoms with E-state index in [0.29, 0.717) is 0 Å². The van der Waals surface area contributed by atoms with Gasteiger partial charge in [-0.1, -0.05) is 38.8 Å². The molecule has 0 aromatic rings. The molecule has 3 heteroatoms. The van der Waals surface area contributed by atoms with Crippen LogP contribution in [0.15, 0.2) is 0 Å². The van der Waals surface area contributed by atoms with Crippen LogP contribution in [0.25, 0.3) is 0 Å². The fourth-order valence-corrected chi connectivity index (χ4v) is 5.17. The van der Waals surface area contributed by atoms with Crippen molar-refractivity contribution in [3.63, 3.8) is 0 Å². The van der Waals surface area contributed by atoms with Gasteiger partial charge in [-0.25, -0.2) is 0 Å². The molecule has 78 valence electrons. The molecule has 0 amide bonds. The van der Waals surface area contributed by atoms with Crippen molar-refractivity contribution in [2.75, 3.05) is 11.5 Å². The first-order valence-corrected chi connectivity index (χ1v) is 8.08. The molecule has 0 aromatic heterocycles. The topological polar surface area (TPSA) is 0 Å². The van der Waals surface area contributed by atoms with Crippen molar-refractivity contribution in [3.8, 4) is 0 Å². The van der Waals surface area contributed by atoms with Gasteiger partial charge in [-0.15, -0.1) is 0 Å². The molecule has 3 atom stereocenters. The Labute approximate surface area is 103 Å². The molecule has 3 unspecified atom stereocenters. The van der Waals surface area contributed by atoms with Gasteiger partial charge in [0, 0.05) is 9.65 Å². The van der Waals surface area contributed by atoms with Crippen molar-refractivity contribution in [3.05, 3.63) is 0 Å². The van der Waals surface area contributed by atoms with E-state index in [9.17, 15) is 0 Å². The molecule has 0 radical (unpaired) electrons. The molecule has 1 aliphatic carbocycles. The quantitative estimate of drug-likeness (QED) is 0.542. The third-order valence-corrected chi connectivity index (χ3v) is 5.84. The molecule has 0 aromatic carbocycles. The molecule has 0 spiro atoms. The van der Waals surface area contributed by atoms with Crippen LogP contribution >= 0.6 is 43.6 Å². The van der Waals surface area contributed by atoms with Crippen molar-refractivity contribution < 1.29 is 0 Å². The number of halogens is 2. The highest BCUT2D eigenvalue weighted by Crippen LogP contribution is 2.35. The minimum Gasteiger partial charge on any atom is -0.162 e. The second kappa shape index (κ2) is 6.73. The highest BCUT2D eigenvalue weighted by Gasteiger charge is 2.26. The van der Waals surface area contributed by atoms with E-state index in [-0.39, 0.29) is 0 Å². The van der Waals surface area contributed by atoms with Gasteiger partial charge in [0.25, 0.3) is 0 Å². The van der Waals surface area contributed by atoms with Crippen LogP contribution in [-0.2, 0) is 0 Å². The maximum Gasteiger partial charge on any atom is 0.0192 e. The normalized spacial score (nSPS) is 34.8. The fourth-order valence-electron chi connectivity index (χ4n) is 1.70. The van der Waals surface area contributed by atoms with E-state index in [1.165, 1.54) is 37.2 Å². The van der Waals surface area contributed by atoms with Crippen LogP contribution in [0.4, 0.5) is 0 Å². The first-order chi connectivity index (χ1) is 6.24. The second-order valence-electron chi connectivity index (χ2n) is 3.76. The largest absolute Gasteiger partial charge is 0.162 e. The Kier molecular flexibility index (Phi) is 6.41. The standard InChI is InChI=1S/C10H18Br2S/c1-2-5-13-7-8-3-4-9(11)6-10(8)12/h8-10H,2-7H2,1H3. The Morgan fingerprint density at radius 2 is 2.08 bits per heavy atom. The number of hydrogen-bond donors (Lipinski definition) is 0. The smallest absolute Gasteiger partial charge is 0.0192 e. The Balaban J connectivity index is 2.18. The molecule has 0 heterocycles. The lowest BCUT2D eigenvalue weighted by Gasteiger charge is -2.30. The lowest BCUT2D eigenvalue weighted by Crippen LogP contribution is -2.26. The zero-order valence-electron chi connectivity index (χ0n) is 8.14. The van der Waals surface area contributed by atoms with Crippen LogP contribution in [0.3, 0.4) is 0 Å². The molecular weight excluding hydrogens is 312 g/mol. The van der Waals surface area contributed by atoms with E-state index in [4.69, 9.17) is 0 Å². The Bertz CT molecular complexity index is 141. The third kappa shape index (κ3) is 4.57. The van der Waals surface area contributed by atoms with E-state index in [2.05, 4.69) is 50.5 Å². The maximum absolute atomic E-state index is 3.80. The summed E-state index contributed by atoms with van der Waals surface area (Å²) >= 11 is 9.62. The number of thioether (sulfide) groups is 1. The van der Waals surface area contributed by atoms with Crippen LogP contribution in [0.2, 0.25) is 0 Å². The molecule has 1 saturated carbocycles. The van der Waals surface area contributed by atoms with E-state index < -0.39 is 0 Å². The van der Waals surface area contributed by atoms with E-state index in [1.54, 1.807) is 0 Å². The number of hydrogen-bond acceptors (Lipinski definition) is 1. The van der Waals surface area contributed by atoms with Crippen LogP contribution in [0, 0.1) is 5.92 Å². The number of alkyl halides is 2. The van der Waals surface area contributed by atoms with E-state index in [0.717, 1.165) is 15.6 Å². The summed E-state index contributed by atoms with van der Waals surface area (Å²) in [5.41, 5.74) is 0. The average molecular weight is 330 g/mol. The average Bonchev–Trinajstić information content (AvgIpc) is 2.09. The molecule has 1 fully saturated rings. The van der Waals surface area contributed by atoms with Gasteiger partial charge in [0.05, 0.1) is 0 Å². The molecule has 1 rings (SSSR count). The summed E-state index contributed by atoms with van der Waals surface area (Å²) in [5.74, 6) is 3.59. The summed E-state index contributed by atoms with van der Waals surface area (Å²) in [4.78, 5) is 1.50. The molecule has 13 heavy (non-hydrogen) atoms. The Morgan fingerprint density at radius 3 is 2.69 bits per heavy atom. The SMILES string of the molecule is CCCSCC1CCC(Br)CC1Br. The molecule has 0 saturated heterocycles. The first-order valence-electron chi connectivity index (χ1n) is 5.10. The van der Waals surface area contributed by atoms with Gasteiger partial charge in [-0.2, -0.15) is 11.8 Å². The monoisotopic (exact) mass is 328 g/mol. The van der Waals surface area contributed by atoms with Crippen LogP contribution < -0.4 is 0 Å². The fraction of sp³-hybridized carbons (Fsp3) is 1.00. The molecular formula is C10H18Br2S. The lowest BCUT2D eigenvalue weighted by molar-refractivity contribution is 0.420. The molecule has 1 aliphatic rings. The third-order valence-electron chi connectivity index (χ3n) is 2.52. The predicted octanol–water partition coefficient (Wildman–Crippen LogP) is 4.46. The van der Waals surface area contributed by atoms with Gasteiger partial charge in [0.15, 0.2) is 0 Å². The van der Waals surface area contributed by atoms with E-state index in [1.807, 2.05) is 0 Å². The van der Waals surface area contributed by atoms with Gasteiger partial charge >= 0.3 is 0 Å². The summed E-state index contributed by atoms with van der Waals surface area (Å²) < 4.78 is 0. The summed E-state index contributed by atoms with van der Waals surface area (Å²) in [6.07, 6.45) is 5.37. The van der Waals surface area contributed by atoms with Gasteiger partial charge < -0.3 is 0 Å². The number of rotatable bonds is 4. The van der Waals surface area contributed by atoms with Gasteiger partial charge in [0.1, 0.15) is 0 Å². The van der Waals surface area contributed by atoms with Crippen LogP contribution in [-0.4, -0.2) is 21.2 Å². The Morgan fingerprint density at radius 1 is 1.31 bits per heavy atom. The molecule has 0 nitrogen and oxygen atoms in total. The first kappa shape index (κ1) is 12.4. The predicted molar refractivity (Wildman–Crippen MR) is 70.4 cm³/mol. The van der Waals surface area contributed by atoms with Gasteiger partial charge in [0.2, 0.25) is 0 Å². The van der Waals surface area contributed by atoms with Crippen LogP contribution in [0.5, 0.6) is 0 Å². The van der Waals surface area contributed by atoms with Crippen molar-refractivity contribution in [2.24, 2.45) is 5.92 Å². The van der Waals surface area contributed by atoms with Crippen molar-refractivity contribution in [1.82, 2.24) is 0 Å². The highest BCUT2D eigenvalue weighted by atomic mass is 79.9. The molecule has 0 N–H and O–H groups in total. The van der Waals surface area contributed by atoms with Crippen molar-refractivity contribution in [2.45, 2.75) is 42.3 Å². The zero-order chi connectivity index (χ0) is 9.68. The molecule has 0 bridgehead atoms. The van der Waals surface area contributed by atoms with Crippen molar-refractivity contribution in [1.29, 1.82) is 0 Å². The van der Waals surface area contributed by atoms with Crippen molar-refractivity contribution >= 4 is 43.6 Å². The maximum atomic E-state index is 3.80. The summed E-state index contributed by atoms with van der Waals surface area (Å²) in [7, 11) is 0. The van der Waals surface area contributed by atoms with E-state index >= 15 is 0 Å². The lowest BCUT2D eigenvalue weighted by atomic mass is 9.90. The summed E-state index contributed by atoms with van der Waals surface area (Å²) in [5, 5.41) is 0. The highest BCUT2D eigenvalue weighted by molar-refractivity contribution is 9.10. The molecule has 0 aliphatic heterocycles. The minimum atomic E-state index is 0.745. The van der Waals surface area contributed by atoms with Gasteiger partial charge in [-0.05, 0) is 43.1 Å². The minimum absolute atomic E-state index is 0.745. The van der Waals surface area contributed by atoms with Crippen LogP contribution in [0.1, 0.15) is 32.6 Å². The van der Waals surface area contributed by atoms with Gasteiger partial charge in [-0.3, -0.25) is 0 Å².